The lowest BCUT2D eigenvalue weighted by atomic mass is 10.1. The van der Waals surface area contributed by atoms with Gasteiger partial charge in [-0.1, -0.05) is 80.4 Å². The molecule has 3 aromatic carbocycles. The Bertz CT molecular complexity index is 1020. The van der Waals surface area contributed by atoms with E-state index in [0.29, 0.717) is 0 Å². The molecule has 0 aliphatic rings. The molecule has 128 valence electrons. The third kappa shape index (κ3) is 3.79. The van der Waals surface area contributed by atoms with Crippen LogP contribution in [0.4, 0.5) is 0 Å². The molecule has 0 radical (unpaired) electrons. The molecule has 0 spiro atoms. The zero-order valence-corrected chi connectivity index (χ0v) is 16.9. The number of halogens is 2. The minimum Gasteiger partial charge on any atom is -0.172 e. The Kier molecular flexibility index (Phi) is 5.00. The van der Waals surface area contributed by atoms with Crippen LogP contribution in [0.25, 0.3) is 17.1 Å². The van der Waals surface area contributed by atoms with E-state index >= 15 is 0 Å². The Hall–Kier alpha value is -2.24. The van der Waals surface area contributed by atoms with Crippen molar-refractivity contribution >= 4 is 49.0 Å². The van der Waals surface area contributed by atoms with Crippen LogP contribution in [-0.4, -0.2) is 15.0 Å². The van der Waals surface area contributed by atoms with E-state index in [1.54, 1.807) is 4.80 Å². The van der Waals surface area contributed by atoms with Gasteiger partial charge in [-0.05, 0) is 47.5 Å². The lowest BCUT2D eigenvalue weighted by molar-refractivity contribution is 0.540. The molecule has 1 atom stereocenters. The van der Waals surface area contributed by atoms with Gasteiger partial charge in [-0.2, -0.15) is 15.0 Å². The molecule has 4 rings (SSSR count). The van der Waals surface area contributed by atoms with Crippen LogP contribution in [0.5, 0.6) is 0 Å². The van der Waals surface area contributed by atoms with Crippen LogP contribution in [-0.2, 0) is 0 Å². The maximum absolute atomic E-state index is 4.67. The molecule has 1 heterocycles. The van der Waals surface area contributed by atoms with Crippen molar-refractivity contribution in [1.82, 2.24) is 15.0 Å². The number of rotatable bonds is 4. The predicted octanol–water partition coefficient (Wildman–Crippen LogP) is 6.26. The summed E-state index contributed by atoms with van der Waals surface area (Å²) in [4.78, 5) is 1.78. The second kappa shape index (κ2) is 7.56. The average molecular weight is 469 g/mol. The van der Waals surface area contributed by atoms with Crippen LogP contribution in [0.15, 0.2) is 87.8 Å². The zero-order valence-electron chi connectivity index (χ0n) is 13.8. The zero-order chi connectivity index (χ0) is 17.9. The molecular weight excluding hydrogens is 454 g/mol. The lowest BCUT2D eigenvalue weighted by Crippen LogP contribution is -2.11. The molecule has 0 aliphatic heterocycles. The fourth-order valence-corrected chi connectivity index (χ4v) is 3.29. The summed E-state index contributed by atoms with van der Waals surface area (Å²) < 4.78 is 2.12. The Morgan fingerprint density at radius 2 is 1.27 bits per heavy atom. The van der Waals surface area contributed by atoms with Gasteiger partial charge < -0.3 is 0 Å². The van der Waals surface area contributed by atoms with Crippen molar-refractivity contribution < 1.29 is 0 Å². The summed E-state index contributed by atoms with van der Waals surface area (Å²) in [6, 6.07) is 24.3. The Morgan fingerprint density at radius 3 is 1.85 bits per heavy atom. The molecule has 1 aromatic heterocycles. The molecule has 5 heteroatoms. The summed E-state index contributed by atoms with van der Waals surface area (Å²) in [6.07, 6.45) is 4.23. The molecule has 26 heavy (non-hydrogen) atoms. The van der Waals surface area contributed by atoms with Gasteiger partial charge >= 0.3 is 0 Å². The van der Waals surface area contributed by atoms with Crippen LogP contribution < -0.4 is 0 Å². The van der Waals surface area contributed by atoms with E-state index in [0.717, 1.165) is 31.1 Å². The van der Waals surface area contributed by atoms with Crippen molar-refractivity contribution in [3.05, 3.63) is 98.9 Å². The van der Waals surface area contributed by atoms with Crippen molar-refractivity contribution in [3.8, 4) is 0 Å². The second-order valence-corrected chi connectivity index (χ2v) is 7.75. The summed E-state index contributed by atoms with van der Waals surface area (Å²) in [6.45, 7) is 0. The van der Waals surface area contributed by atoms with E-state index in [9.17, 15) is 0 Å². The van der Waals surface area contributed by atoms with E-state index < -0.39 is 0 Å². The van der Waals surface area contributed by atoms with E-state index in [4.69, 9.17) is 0 Å². The van der Waals surface area contributed by atoms with Crippen molar-refractivity contribution in [3.63, 3.8) is 0 Å². The maximum atomic E-state index is 4.67. The molecule has 4 aromatic rings. The number of hydrogen-bond acceptors (Lipinski definition) is 2. The van der Waals surface area contributed by atoms with Crippen LogP contribution in [0, 0.1) is 0 Å². The highest BCUT2D eigenvalue weighted by Gasteiger charge is 2.14. The highest BCUT2D eigenvalue weighted by molar-refractivity contribution is 9.10. The molecule has 0 saturated carbocycles. The van der Waals surface area contributed by atoms with Crippen LogP contribution in [0.3, 0.4) is 0 Å². The lowest BCUT2D eigenvalue weighted by Gasteiger charge is -2.13. The third-order valence-corrected chi connectivity index (χ3v) is 5.16. The van der Waals surface area contributed by atoms with Crippen molar-refractivity contribution in [2.24, 2.45) is 0 Å². The fraction of sp³-hybridized carbons (Fsp3) is 0.0476. The monoisotopic (exact) mass is 467 g/mol. The van der Waals surface area contributed by atoms with Crippen LogP contribution >= 0.6 is 31.9 Å². The first-order chi connectivity index (χ1) is 12.7. The minimum absolute atomic E-state index is 0.0841. The van der Waals surface area contributed by atoms with Gasteiger partial charge in [0, 0.05) is 8.95 Å². The number of nitrogens with zero attached hydrogens (tertiary/aromatic N) is 3. The van der Waals surface area contributed by atoms with Crippen molar-refractivity contribution in [2.45, 2.75) is 6.04 Å². The van der Waals surface area contributed by atoms with E-state index in [-0.39, 0.29) is 6.04 Å². The Morgan fingerprint density at radius 1 is 0.731 bits per heavy atom. The standard InChI is InChI=1S/C21H15Br2N3/c22-17-10-5-15(6-11-17)7-14-21(16-8-12-18(23)13-9-16)26-24-19-3-1-2-4-20(19)25-26/h1-14,21H/b14-7+. The summed E-state index contributed by atoms with van der Waals surface area (Å²) in [5.74, 6) is 0. The molecule has 0 N–H and O–H groups in total. The summed E-state index contributed by atoms with van der Waals surface area (Å²) in [5.41, 5.74) is 4.05. The molecule has 1 unspecified atom stereocenters. The van der Waals surface area contributed by atoms with E-state index in [2.05, 4.69) is 78.5 Å². The second-order valence-electron chi connectivity index (χ2n) is 5.92. The number of fused-ring (bicyclic) bond motifs is 1. The average Bonchev–Trinajstić information content (AvgIpc) is 3.08. The first-order valence-corrected chi connectivity index (χ1v) is 9.78. The van der Waals surface area contributed by atoms with E-state index in [1.165, 1.54) is 0 Å². The number of hydrogen-bond donors (Lipinski definition) is 0. The van der Waals surface area contributed by atoms with Gasteiger partial charge in [0.25, 0.3) is 0 Å². The minimum atomic E-state index is -0.0841. The van der Waals surface area contributed by atoms with Crippen molar-refractivity contribution in [1.29, 1.82) is 0 Å². The van der Waals surface area contributed by atoms with Gasteiger partial charge in [-0.15, -0.1) is 0 Å². The van der Waals surface area contributed by atoms with Gasteiger partial charge in [0.1, 0.15) is 17.1 Å². The maximum Gasteiger partial charge on any atom is 0.115 e. The summed E-state index contributed by atoms with van der Waals surface area (Å²) in [7, 11) is 0. The largest absolute Gasteiger partial charge is 0.172 e. The molecule has 0 bridgehead atoms. The number of benzene rings is 3. The SMILES string of the molecule is Brc1ccc(/C=C/C(c2ccc(Br)cc2)n2nc3ccccc3n2)cc1. The first-order valence-electron chi connectivity index (χ1n) is 8.20. The highest BCUT2D eigenvalue weighted by Crippen LogP contribution is 2.24. The number of aromatic nitrogens is 3. The topological polar surface area (TPSA) is 30.7 Å². The quantitative estimate of drug-likeness (QED) is 0.354. The van der Waals surface area contributed by atoms with Crippen LogP contribution in [0.2, 0.25) is 0 Å². The number of allylic oxidation sites excluding steroid dienone is 1. The molecular formula is C21H15Br2N3. The molecule has 3 nitrogen and oxygen atoms in total. The molecule has 0 aliphatic carbocycles. The van der Waals surface area contributed by atoms with Gasteiger partial charge in [-0.3, -0.25) is 0 Å². The summed E-state index contributed by atoms with van der Waals surface area (Å²) in [5, 5.41) is 9.35. The Labute approximate surface area is 168 Å². The Balaban J connectivity index is 1.75. The normalized spacial score (nSPS) is 12.7. The van der Waals surface area contributed by atoms with Gasteiger partial charge in [0.15, 0.2) is 0 Å². The van der Waals surface area contributed by atoms with Crippen molar-refractivity contribution in [2.75, 3.05) is 0 Å². The first kappa shape index (κ1) is 17.2. The van der Waals surface area contributed by atoms with Crippen LogP contribution in [0.1, 0.15) is 17.2 Å². The van der Waals surface area contributed by atoms with Gasteiger partial charge in [0.2, 0.25) is 0 Å². The third-order valence-electron chi connectivity index (χ3n) is 4.10. The summed E-state index contributed by atoms with van der Waals surface area (Å²) >= 11 is 6.97. The molecule has 0 amide bonds. The molecule has 0 saturated heterocycles. The smallest absolute Gasteiger partial charge is 0.115 e. The van der Waals surface area contributed by atoms with Gasteiger partial charge in [-0.25, -0.2) is 0 Å². The van der Waals surface area contributed by atoms with E-state index in [1.807, 2.05) is 48.5 Å². The highest BCUT2D eigenvalue weighted by atomic mass is 79.9. The predicted molar refractivity (Wildman–Crippen MR) is 113 cm³/mol. The fourth-order valence-electron chi connectivity index (χ4n) is 2.76. The van der Waals surface area contributed by atoms with Gasteiger partial charge in [0.05, 0.1) is 0 Å². The molecule has 0 fully saturated rings.